The number of aromatic carboxylic acids is 1. The van der Waals surface area contributed by atoms with Crippen LogP contribution >= 0.6 is 0 Å². The molecular weight excluding hydrogens is 232 g/mol. The molecule has 1 aromatic heterocycles. The van der Waals surface area contributed by atoms with E-state index in [0.717, 1.165) is 0 Å². The first-order chi connectivity index (χ1) is 7.93. The van der Waals surface area contributed by atoms with Gasteiger partial charge in [0.25, 0.3) is 0 Å². The molecule has 0 saturated heterocycles. The van der Waals surface area contributed by atoms with Crippen molar-refractivity contribution >= 4 is 17.9 Å². The summed E-state index contributed by atoms with van der Waals surface area (Å²) < 4.78 is 0. The Bertz CT molecular complexity index is 378. The summed E-state index contributed by atoms with van der Waals surface area (Å²) in [6.45, 7) is 0. The van der Waals surface area contributed by atoms with Crippen LogP contribution < -0.4 is 0 Å². The van der Waals surface area contributed by atoms with Gasteiger partial charge in [0, 0.05) is 12.4 Å². The third-order valence-corrected chi connectivity index (χ3v) is 1.36. The summed E-state index contributed by atoms with van der Waals surface area (Å²) in [5.74, 6) is -3.16. The van der Waals surface area contributed by atoms with E-state index in [1.807, 2.05) is 0 Å². The number of hydrogen-bond acceptors (Lipinski definition) is 5. The zero-order valence-corrected chi connectivity index (χ0v) is 8.61. The van der Waals surface area contributed by atoms with E-state index in [1.54, 1.807) is 0 Å². The van der Waals surface area contributed by atoms with Crippen molar-refractivity contribution in [3.8, 4) is 0 Å². The average Bonchev–Trinajstić information content (AvgIpc) is 2.28. The van der Waals surface area contributed by atoms with Crippen molar-refractivity contribution < 1.29 is 29.7 Å². The van der Waals surface area contributed by atoms with Gasteiger partial charge in [0.1, 0.15) is 6.33 Å². The Balaban J connectivity index is 0.000000304. The summed E-state index contributed by atoms with van der Waals surface area (Å²) in [6, 6.07) is 0. The maximum Gasteiger partial charge on any atom is 0.338 e. The molecule has 0 aromatic carbocycles. The van der Waals surface area contributed by atoms with Crippen LogP contribution in [0.3, 0.4) is 0 Å². The van der Waals surface area contributed by atoms with Gasteiger partial charge in [-0.2, -0.15) is 0 Å². The normalized spacial score (nSPS) is 8.71. The summed E-state index contributed by atoms with van der Waals surface area (Å²) in [4.78, 5) is 36.4. The van der Waals surface area contributed by atoms with Gasteiger partial charge in [-0.3, -0.25) is 9.59 Å². The minimum atomic E-state index is -1.08. The van der Waals surface area contributed by atoms with E-state index in [-0.39, 0.29) is 18.4 Å². The Labute approximate surface area is 95.6 Å². The van der Waals surface area contributed by atoms with Gasteiger partial charge in [0.15, 0.2) is 0 Å². The molecule has 8 nitrogen and oxygen atoms in total. The maximum absolute atomic E-state index is 10.1. The summed E-state index contributed by atoms with van der Waals surface area (Å²) in [7, 11) is 0. The lowest BCUT2D eigenvalue weighted by molar-refractivity contribution is -0.143. The number of hydrogen-bond donors (Lipinski definition) is 3. The zero-order chi connectivity index (χ0) is 13.3. The molecule has 1 aromatic rings. The van der Waals surface area contributed by atoms with Gasteiger partial charge < -0.3 is 15.3 Å². The minimum Gasteiger partial charge on any atom is -0.481 e. The minimum absolute atomic E-state index is 0.109. The van der Waals surface area contributed by atoms with E-state index < -0.39 is 17.9 Å². The fourth-order valence-electron chi connectivity index (χ4n) is 0.623. The molecule has 1 rings (SSSR count). The second kappa shape index (κ2) is 7.74. The van der Waals surface area contributed by atoms with Crippen molar-refractivity contribution in [2.24, 2.45) is 0 Å². The second-order valence-electron chi connectivity index (χ2n) is 2.72. The molecule has 0 unspecified atom stereocenters. The van der Waals surface area contributed by atoms with Crippen molar-refractivity contribution in [2.75, 3.05) is 0 Å². The van der Waals surface area contributed by atoms with E-state index in [2.05, 4.69) is 9.97 Å². The van der Waals surface area contributed by atoms with E-state index in [1.165, 1.54) is 18.7 Å². The summed E-state index contributed by atoms with van der Waals surface area (Å²) in [5, 5.41) is 24.1. The van der Waals surface area contributed by atoms with Crippen molar-refractivity contribution in [3.63, 3.8) is 0 Å². The first-order valence-corrected chi connectivity index (χ1v) is 4.35. The number of rotatable bonds is 4. The summed E-state index contributed by atoms with van der Waals surface area (Å²) >= 11 is 0. The number of aromatic nitrogens is 2. The number of aliphatic carboxylic acids is 2. The third kappa shape index (κ3) is 8.48. The smallest absolute Gasteiger partial charge is 0.338 e. The average molecular weight is 242 g/mol. The van der Waals surface area contributed by atoms with Gasteiger partial charge in [0.05, 0.1) is 18.4 Å². The van der Waals surface area contributed by atoms with Crippen LogP contribution in [0, 0.1) is 0 Å². The highest BCUT2D eigenvalue weighted by Gasteiger charge is 2.00. The standard InChI is InChI=1S/C5H4N2O2.C4H6O4/c8-5(9)4-1-6-3-7-2-4;5-3(6)1-2-4(7)8/h1-3H,(H,8,9);1-2H2,(H,5,6)(H,7,8). The van der Waals surface area contributed by atoms with E-state index in [4.69, 9.17) is 15.3 Å². The molecule has 17 heavy (non-hydrogen) atoms. The summed E-state index contributed by atoms with van der Waals surface area (Å²) in [5.41, 5.74) is 0.109. The van der Waals surface area contributed by atoms with Crippen LogP contribution in [-0.2, 0) is 9.59 Å². The predicted octanol–water partition coefficient (Wildman–Crippen LogP) is 0.111. The van der Waals surface area contributed by atoms with Crippen LogP contribution in [0.15, 0.2) is 18.7 Å². The first-order valence-electron chi connectivity index (χ1n) is 4.35. The number of nitrogens with zero attached hydrogens (tertiary/aromatic N) is 2. The largest absolute Gasteiger partial charge is 0.481 e. The number of carbonyl (C=O) groups is 3. The number of carboxylic acids is 3. The molecule has 92 valence electrons. The molecular formula is C9H10N2O6. The molecule has 0 fully saturated rings. The number of carboxylic acid groups (broad SMARTS) is 3. The van der Waals surface area contributed by atoms with Crippen LogP contribution in [0.2, 0.25) is 0 Å². The molecule has 1 heterocycles. The molecule has 3 N–H and O–H groups in total. The predicted molar refractivity (Wildman–Crippen MR) is 53.5 cm³/mol. The molecule has 0 spiro atoms. The molecule has 0 bridgehead atoms. The topological polar surface area (TPSA) is 138 Å². The molecule has 0 saturated carbocycles. The van der Waals surface area contributed by atoms with Gasteiger partial charge in [-0.1, -0.05) is 0 Å². The SMILES string of the molecule is O=C(O)CCC(=O)O.O=C(O)c1cncnc1. The Morgan fingerprint density at radius 3 is 1.59 bits per heavy atom. The molecule has 0 radical (unpaired) electrons. The lowest BCUT2D eigenvalue weighted by Crippen LogP contribution is -2.00. The van der Waals surface area contributed by atoms with Gasteiger partial charge in [-0.25, -0.2) is 14.8 Å². The van der Waals surface area contributed by atoms with Crippen molar-refractivity contribution in [1.29, 1.82) is 0 Å². The van der Waals surface area contributed by atoms with Crippen molar-refractivity contribution in [1.82, 2.24) is 9.97 Å². The molecule has 0 aliphatic rings. The van der Waals surface area contributed by atoms with E-state index in [9.17, 15) is 14.4 Å². The molecule has 0 aliphatic carbocycles. The van der Waals surface area contributed by atoms with Gasteiger partial charge in [0.2, 0.25) is 0 Å². The third-order valence-electron chi connectivity index (χ3n) is 1.36. The van der Waals surface area contributed by atoms with Crippen LogP contribution in [0.5, 0.6) is 0 Å². The zero-order valence-electron chi connectivity index (χ0n) is 8.61. The highest BCUT2D eigenvalue weighted by atomic mass is 16.4. The summed E-state index contributed by atoms with van der Waals surface area (Å²) in [6.07, 6.45) is 3.18. The monoisotopic (exact) mass is 242 g/mol. The highest BCUT2D eigenvalue weighted by molar-refractivity contribution is 5.86. The lowest BCUT2D eigenvalue weighted by atomic mass is 10.3. The fourth-order valence-corrected chi connectivity index (χ4v) is 0.623. The molecule has 0 aliphatic heterocycles. The Morgan fingerprint density at radius 2 is 1.35 bits per heavy atom. The maximum atomic E-state index is 10.1. The van der Waals surface area contributed by atoms with Gasteiger partial charge in [-0.05, 0) is 0 Å². The Kier molecular flexibility index (Phi) is 6.60. The van der Waals surface area contributed by atoms with Crippen molar-refractivity contribution in [3.05, 3.63) is 24.3 Å². The second-order valence-corrected chi connectivity index (χ2v) is 2.72. The molecule has 0 amide bonds. The van der Waals surface area contributed by atoms with Gasteiger partial charge in [-0.15, -0.1) is 0 Å². The van der Waals surface area contributed by atoms with Gasteiger partial charge >= 0.3 is 17.9 Å². The quantitative estimate of drug-likeness (QED) is 0.676. The lowest BCUT2D eigenvalue weighted by Gasteiger charge is -1.86. The fraction of sp³-hybridized carbons (Fsp3) is 0.222. The molecule has 0 atom stereocenters. The van der Waals surface area contributed by atoms with E-state index in [0.29, 0.717) is 0 Å². The van der Waals surface area contributed by atoms with Crippen LogP contribution in [0.25, 0.3) is 0 Å². The van der Waals surface area contributed by atoms with E-state index >= 15 is 0 Å². The van der Waals surface area contributed by atoms with Crippen LogP contribution in [-0.4, -0.2) is 43.2 Å². The van der Waals surface area contributed by atoms with Crippen LogP contribution in [0.1, 0.15) is 23.2 Å². The Morgan fingerprint density at radius 1 is 0.941 bits per heavy atom. The highest BCUT2D eigenvalue weighted by Crippen LogP contribution is 1.89. The van der Waals surface area contributed by atoms with Crippen LogP contribution in [0.4, 0.5) is 0 Å². The Hall–Kier alpha value is -2.51. The molecule has 8 heteroatoms. The first kappa shape index (κ1) is 14.5. The van der Waals surface area contributed by atoms with Crippen molar-refractivity contribution in [2.45, 2.75) is 12.8 Å².